The molecule has 2 aliphatic heterocycles. The van der Waals surface area contributed by atoms with Crippen LogP contribution in [0.3, 0.4) is 0 Å². The fourth-order valence-corrected chi connectivity index (χ4v) is 5.79. The molecule has 5 heteroatoms. The van der Waals surface area contributed by atoms with Gasteiger partial charge in [0.05, 0.1) is 5.92 Å². The number of aromatic nitrogens is 2. The lowest BCUT2D eigenvalue weighted by Crippen LogP contribution is -2.44. The lowest BCUT2D eigenvalue weighted by molar-refractivity contribution is 0.120. The Balaban J connectivity index is 1.32. The summed E-state index contributed by atoms with van der Waals surface area (Å²) >= 11 is 0. The largest absolute Gasteiger partial charge is 0.339 e. The molecule has 1 aromatic heterocycles. The van der Waals surface area contributed by atoms with E-state index in [0.717, 1.165) is 29.5 Å². The fraction of sp³-hybridized carbons (Fsp3) is 0.286. The molecule has 3 heterocycles. The molecule has 0 N–H and O–H groups in total. The second-order valence-corrected chi connectivity index (χ2v) is 9.28. The average molecular weight is 440 g/mol. The van der Waals surface area contributed by atoms with E-state index in [9.17, 15) is 4.39 Å². The maximum absolute atomic E-state index is 13.6. The smallest absolute Gasteiger partial charge is 0.232 e. The molecule has 0 radical (unpaired) electrons. The van der Waals surface area contributed by atoms with Crippen LogP contribution in [0.25, 0.3) is 22.5 Å². The standard InChI is InChI=1S/C28H26FN3O/c1-32-23-15-16-25(32)26(24(17-23)20-11-13-22(29)14-12-20)28-30-27(31-33-28)21-9-7-19(8-10-21)18-5-3-2-4-6-18/h2-14,23-26H,15-17H2,1H3/t23-,24+,25-,26-/m1/s1. The summed E-state index contributed by atoms with van der Waals surface area (Å²) in [7, 11) is 2.20. The number of hydrogen-bond donors (Lipinski definition) is 0. The van der Waals surface area contributed by atoms with Crippen LogP contribution in [0.5, 0.6) is 0 Å². The molecule has 2 bridgehead atoms. The van der Waals surface area contributed by atoms with Crippen LogP contribution < -0.4 is 0 Å². The van der Waals surface area contributed by atoms with E-state index in [1.54, 1.807) is 12.1 Å². The molecular weight excluding hydrogens is 413 g/mol. The SMILES string of the molecule is CN1[C@@H]2CC[C@@H]1[C@H](c1nc(-c3ccc(-c4ccccc4)cc3)no1)[C@H](c1ccc(F)cc1)C2. The van der Waals surface area contributed by atoms with Gasteiger partial charge in [-0.2, -0.15) is 4.98 Å². The van der Waals surface area contributed by atoms with Gasteiger partial charge in [-0.25, -0.2) is 4.39 Å². The normalized spacial score (nSPS) is 24.8. The van der Waals surface area contributed by atoms with Crippen LogP contribution in [0.1, 0.15) is 42.6 Å². The van der Waals surface area contributed by atoms with Gasteiger partial charge in [0, 0.05) is 17.6 Å². The van der Waals surface area contributed by atoms with Gasteiger partial charge in [-0.05, 0) is 61.1 Å². The zero-order valence-corrected chi connectivity index (χ0v) is 18.6. The highest BCUT2D eigenvalue weighted by molar-refractivity contribution is 5.67. The van der Waals surface area contributed by atoms with Gasteiger partial charge in [0.1, 0.15) is 5.82 Å². The number of hydrogen-bond acceptors (Lipinski definition) is 4. The minimum atomic E-state index is -0.203. The van der Waals surface area contributed by atoms with Crippen molar-refractivity contribution in [3.63, 3.8) is 0 Å². The molecule has 0 aliphatic carbocycles. The molecule has 0 unspecified atom stereocenters. The van der Waals surface area contributed by atoms with Gasteiger partial charge in [-0.15, -0.1) is 0 Å². The summed E-state index contributed by atoms with van der Waals surface area (Å²) in [6.07, 6.45) is 3.32. The van der Waals surface area contributed by atoms with Crippen molar-refractivity contribution in [3.05, 3.63) is 96.1 Å². The summed E-state index contributed by atoms with van der Waals surface area (Å²) in [5.41, 5.74) is 4.43. The van der Waals surface area contributed by atoms with Crippen molar-refractivity contribution in [3.8, 4) is 22.5 Å². The zero-order valence-electron chi connectivity index (χ0n) is 18.6. The third-order valence-electron chi connectivity index (χ3n) is 7.54. The van der Waals surface area contributed by atoms with E-state index >= 15 is 0 Å². The highest BCUT2D eigenvalue weighted by Gasteiger charge is 2.48. The predicted molar refractivity (Wildman–Crippen MR) is 126 cm³/mol. The van der Waals surface area contributed by atoms with Gasteiger partial charge in [0.15, 0.2) is 0 Å². The maximum atomic E-state index is 13.6. The molecule has 166 valence electrons. The quantitative estimate of drug-likeness (QED) is 0.375. The Morgan fingerprint density at radius 1 is 0.848 bits per heavy atom. The lowest BCUT2D eigenvalue weighted by Gasteiger charge is -2.41. The third-order valence-corrected chi connectivity index (χ3v) is 7.54. The predicted octanol–water partition coefficient (Wildman–Crippen LogP) is 6.28. The summed E-state index contributed by atoms with van der Waals surface area (Å²) in [4.78, 5) is 7.35. The van der Waals surface area contributed by atoms with Gasteiger partial charge < -0.3 is 4.52 Å². The van der Waals surface area contributed by atoms with Crippen molar-refractivity contribution >= 4 is 0 Å². The first-order valence-electron chi connectivity index (χ1n) is 11.6. The maximum Gasteiger partial charge on any atom is 0.232 e. The minimum absolute atomic E-state index is 0.101. The van der Waals surface area contributed by atoms with Crippen LogP contribution in [0.2, 0.25) is 0 Å². The lowest BCUT2D eigenvalue weighted by atomic mass is 9.76. The Hall–Kier alpha value is -3.31. The molecule has 4 atom stereocenters. The molecule has 33 heavy (non-hydrogen) atoms. The van der Waals surface area contributed by atoms with Crippen molar-refractivity contribution in [2.75, 3.05) is 7.05 Å². The summed E-state index contributed by atoms with van der Waals surface area (Å²) in [5.74, 6) is 1.44. The summed E-state index contributed by atoms with van der Waals surface area (Å²) in [6, 6.07) is 26.4. The molecular formula is C28H26FN3O. The Labute approximate surface area is 193 Å². The molecule has 6 rings (SSSR count). The van der Waals surface area contributed by atoms with E-state index in [-0.39, 0.29) is 17.7 Å². The summed E-state index contributed by atoms with van der Waals surface area (Å²) in [5, 5.41) is 4.35. The number of likely N-dealkylation sites (N-methyl/N-ethyl adjacent to an activating group) is 1. The topological polar surface area (TPSA) is 42.2 Å². The fourth-order valence-electron chi connectivity index (χ4n) is 5.79. The number of rotatable bonds is 4. The van der Waals surface area contributed by atoms with Crippen LogP contribution in [0.4, 0.5) is 4.39 Å². The molecule has 4 aromatic rings. The number of piperidine rings is 1. The number of nitrogens with zero attached hydrogens (tertiary/aromatic N) is 3. The van der Waals surface area contributed by atoms with E-state index in [2.05, 4.69) is 41.4 Å². The molecule has 0 saturated carbocycles. The number of halogens is 1. The van der Waals surface area contributed by atoms with Gasteiger partial charge in [0.25, 0.3) is 0 Å². The van der Waals surface area contributed by atoms with E-state index in [4.69, 9.17) is 9.51 Å². The molecule has 0 amide bonds. The van der Waals surface area contributed by atoms with E-state index in [1.807, 2.05) is 42.5 Å². The van der Waals surface area contributed by atoms with Crippen molar-refractivity contribution < 1.29 is 8.91 Å². The number of benzene rings is 3. The molecule has 3 aromatic carbocycles. The first kappa shape index (κ1) is 20.3. The monoisotopic (exact) mass is 439 g/mol. The molecule has 2 aliphatic rings. The first-order valence-corrected chi connectivity index (χ1v) is 11.6. The zero-order chi connectivity index (χ0) is 22.4. The Kier molecular flexibility index (Phi) is 5.07. The Bertz CT molecular complexity index is 1240. The van der Waals surface area contributed by atoms with Gasteiger partial charge >= 0.3 is 0 Å². The highest BCUT2D eigenvalue weighted by Crippen LogP contribution is 2.50. The second-order valence-electron chi connectivity index (χ2n) is 9.28. The molecule has 2 saturated heterocycles. The molecule has 4 nitrogen and oxygen atoms in total. The third kappa shape index (κ3) is 3.66. The van der Waals surface area contributed by atoms with Gasteiger partial charge in [-0.1, -0.05) is 71.9 Å². The van der Waals surface area contributed by atoms with E-state index in [0.29, 0.717) is 23.8 Å². The van der Waals surface area contributed by atoms with Crippen molar-refractivity contribution in [1.29, 1.82) is 0 Å². The van der Waals surface area contributed by atoms with Crippen LogP contribution >= 0.6 is 0 Å². The van der Waals surface area contributed by atoms with E-state index in [1.165, 1.54) is 12.0 Å². The van der Waals surface area contributed by atoms with Crippen LogP contribution in [0.15, 0.2) is 83.4 Å². The Morgan fingerprint density at radius 3 is 2.30 bits per heavy atom. The second kappa shape index (κ2) is 8.23. The van der Waals surface area contributed by atoms with Crippen molar-refractivity contribution in [1.82, 2.24) is 15.0 Å². The van der Waals surface area contributed by atoms with E-state index < -0.39 is 0 Å². The molecule has 2 fully saturated rings. The highest BCUT2D eigenvalue weighted by atomic mass is 19.1. The van der Waals surface area contributed by atoms with Crippen molar-refractivity contribution in [2.24, 2.45) is 0 Å². The van der Waals surface area contributed by atoms with Crippen LogP contribution in [-0.4, -0.2) is 34.2 Å². The van der Waals surface area contributed by atoms with Gasteiger partial charge in [0.2, 0.25) is 11.7 Å². The molecule has 0 spiro atoms. The van der Waals surface area contributed by atoms with Crippen molar-refractivity contribution in [2.45, 2.75) is 43.2 Å². The van der Waals surface area contributed by atoms with Gasteiger partial charge in [-0.3, -0.25) is 4.90 Å². The summed E-state index contributed by atoms with van der Waals surface area (Å²) in [6.45, 7) is 0. The average Bonchev–Trinajstić information content (AvgIpc) is 3.42. The minimum Gasteiger partial charge on any atom is -0.339 e. The first-order chi connectivity index (χ1) is 16.2. The Morgan fingerprint density at radius 2 is 1.55 bits per heavy atom. The van der Waals surface area contributed by atoms with Crippen LogP contribution in [-0.2, 0) is 0 Å². The number of fused-ring (bicyclic) bond motifs is 2. The summed E-state index contributed by atoms with van der Waals surface area (Å²) < 4.78 is 19.5. The van der Waals surface area contributed by atoms with Crippen LogP contribution in [0, 0.1) is 5.82 Å².